The SMILES string of the molecule is O=C(CCNS(=O)(=O)c1ccccc1F)NCc1ccc(-c2cccnc2)nc1. The van der Waals surface area contributed by atoms with Crippen LogP contribution in [0.15, 0.2) is 72.0 Å². The molecule has 0 atom stereocenters. The van der Waals surface area contributed by atoms with Crippen molar-refractivity contribution >= 4 is 15.9 Å². The summed E-state index contributed by atoms with van der Waals surface area (Å²) in [5.74, 6) is -1.18. The number of carbonyl (C=O) groups is 1. The van der Waals surface area contributed by atoms with Gasteiger partial charge in [-0.25, -0.2) is 17.5 Å². The first-order valence-electron chi connectivity index (χ1n) is 8.82. The minimum Gasteiger partial charge on any atom is -0.352 e. The van der Waals surface area contributed by atoms with Gasteiger partial charge in [0.15, 0.2) is 0 Å². The van der Waals surface area contributed by atoms with Crippen LogP contribution in [0.4, 0.5) is 4.39 Å². The van der Waals surface area contributed by atoms with Gasteiger partial charge in [0.1, 0.15) is 10.7 Å². The van der Waals surface area contributed by atoms with E-state index in [0.717, 1.165) is 22.9 Å². The van der Waals surface area contributed by atoms with E-state index in [1.807, 2.05) is 24.3 Å². The molecule has 29 heavy (non-hydrogen) atoms. The van der Waals surface area contributed by atoms with Gasteiger partial charge < -0.3 is 5.32 Å². The normalized spacial score (nSPS) is 11.2. The number of pyridine rings is 2. The number of sulfonamides is 1. The lowest BCUT2D eigenvalue weighted by molar-refractivity contribution is -0.121. The summed E-state index contributed by atoms with van der Waals surface area (Å²) in [6, 6.07) is 12.5. The van der Waals surface area contributed by atoms with Gasteiger partial charge in [0.05, 0.1) is 5.69 Å². The average molecular weight is 414 g/mol. The molecule has 3 aromatic rings. The summed E-state index contributed by atoms with van der Waals surface area (Å²) in [7, 11) is -4.00. The Labute approximate surface area is 168 Å². The van der Waals surface area contributed by atoms with Crippen molar-refractivity contribution in [3.05, 3.63) is 78.5 Å². The fraction of sp³-hybridized carbons (Fsp3) is 0.150. The molecule has 0 saturated heterocycles. The number of rotatable bonds is 8. The van der Waals surface area contributed by atoms with Crippen molar-refractivity contribution in [1.82, 2.24) is 20.0 Å². The maximum atomic E-state index is 13.6. The first-order chi connectivity index (χ1) is 14.0. The molecule has 9 heteroatoms. The van der Waals surface area contributed by atoms with Crippen molar-refractivity contribution in [1.29, 1.82) is 0 Å². The van der Waals surface area contributed by atoms with Gasteiger partial charge >= 0.3 is 0 Å². The van der Waals surface area contributed by atoms with Crippen molar-refractivity contribution in [3.63, 3.8) is 0 Å². The molecule has 7 nitrogen and oxygen atoms in total. The lowest BCUT2D eigenvalue weighted by Crippen LogP contribution is -2.31. The minimum atomic E-state index is -4.00. The quantitative estimate of drug-likeness (QED) is 0.589. The Bertz CT molecular complexity index is 1070. The van der Waals surface area contributed by atoms with Gasteiger partial charge in [-0.15, -0.1) is 0 Å². The van der Waals surface area contributed by atoms with Gasteiger partial charge in [-0.1, -0.05) is 18.2 Å². The van der Waals surface area contributed by atoms with Crippen molar-refractivity contribution in [2.24, 2.45) is 0 Å². The second kappa shape index (κ2) is 9.35. The van der Waals surface area contributed by atoms with Gasteiger partial charge in [-0.2, -0.15) is 0 Å². The molecule has 2 heterocycles. The van der Waals surface area contributed by atoms with Crippen LogP contribution in [0.1, 0.15) is 12.0 Å². The number of carbonyl (C=O) groups excluding carboxylic acids is 1. The van der Waals surface area contributed by atoms with Gasteiger partial charge in [-0.3, -0.25) is 14.8 Å². The fourth-order valence-corrected chi connectivity index (χ4v) is 3.65. The van der Waals surface area contributed by atoms with Crippen LogP contribution >= 0.6 is 0 Å². The van der Waals surface area contributed by atoms with Crippen LogP contribution in [-0.2, 0) is 21.4 Å². The third kappa shape index (κ3) is 5.66. The summed E-state index contributed by atoms with van der Waals surface area (Å²) >= 11 is 0. The summed E-state index contributed by atoms with van der Waals surface area (Å²) in [6.45, 7) is 0.125. The van der Waals surface area contributed by atoms with Crippen LogP contribution in [0.3, 0.4) is 0 Å². The van der Waals surface area contributed by atoms with Gasteiger partial charge in [0.25, 0.3) is 0 Å². The van der Waals surface area contributed by atoms with Crippen molar-refractivity contribution in [3.8, 4) is 11.3 Å². The number of hydrogen-bond donors (Lipinski definition) is 2. The third-order valence-electron chi connectivity index (χ3n) is 4.04. The number of halogens is 1. The Morgan fingerprint density at radius 1 is 1.03 bits per heavy atom. The molecule has 2 N–H and O–H groups in total. The highest BCUT2D eigenvalue weighted by atomic mass is 32.2. The van der Waals surface area contributed by atoms with Crippen LogP contribution in [0.2, 0.25) is 0 Å². The number of benzene rings is 1. The first kappa shape index (κ1) is 20.6. The highest BCUT2D eigenvalue weighted by Crippen LogP contribution is 2.15. The van der Waals surface area contributed by atoms with Gasteiger partial charge in [0.2, 0.25) is 15.9 Å². The second-order valence-electron chi connectivity index (χ2n) is 6.15. The second-order valence-corrected chi connectivity index (χ2v) is 7.88. The molecule has 0 aliphatic heterocycles. The number of aromatic nitrogens is 2. The van der Waals surface area contributed by atoms with E-state index in [0.29, 0.717) is 0 Å². The van der Waals surface area contributed by atoms with E-state index in [2.05, 4.69) is 20.0 Å². The number of amides is 1. The largest absolute Gasteiger partial charge is 0.352 e. The zero-order chi connectivity index (χ0) is 20.7. The molecule has 0 aliphatic rings. The van der Waals surface area contributed by atoms with E-state index in [4.69, 9.17) is 0 Å². The molecule has 0 unspecified atom stereocenters. The maximum Gasteiger partial charge on any atom is 0.243 e. The lowest BCUT2D eigenvalue weighted by atomic mass is 10.1. The van der Waals surface area contributed by atoms with Gasteiger partial charge in [-0.05, 0) is 35.9 Å². The number of nitrogens with zero attached hydrogens (tertiary/aromatic N) is 2. The Morgan fingerprint density at radius 2 is 1.86 bits per heavy atom. The summed E-state index contributed by atoms with van der Waals surface area (Å²) in [5.41, 5.74) is 2.47. The van der Waals surface area contributed by atoms with Crippen LogP contribution in [0.25, 0.3) is 11.3 Å². The van der Waals surface area contributed by atoms with Crippen LogP contribution in [0.5, 0.6) is 0 Å². The highest BCUT2D eigenvalue weighted by Gasteiger charge is 2.18. The molecule has 0 fully saturated rings. The summed E-state index contributed by atoms with van der Waals surface area (Å²) in [6.07, 6.45) is 4.98. The third-order valence-corrected chi connectivity index (χ3v) is 5.54. The number of nitrogens with one attached hydrogen (secondary N) is 2. The van der Waals surface area contributed by atoms with E-state index >= 15 is 0 Å². The smallest absolute Gasteiger partial charge is 0.243 e. The molecule has 0 radical (unpaired) electrons. The fourth-order valence-electron chi connectivity index (χ4n) is 2.54. The molecule has 0 saturated carbocycles. The predicted octanol–water partition coefficient (Wildman–Crippen LogP) is 2.27. The predicted molar refractivity (Wildman–Crippen MR) is 106 cm³/mol. The van der Waals surface area contributed by atoms with Crippen LogP contribution < -0.4 is 10.0 Å². The molecule has 2 aromatic heterocycles. The molecular weight excluding hydrogens is 395 g/mol. The van der Waals surface area contributed by atoms with E-state index in [1.54, 1.807) is 18.6 Å². The van der Waals surface area contributed by atoms with Crippen LogP contribution in [-0.4, -0.2) is 30.8 Å². The molecule has 0 bridgehead atoms. The zero-order valence-electron chi connectivity index (χ0n) is 15.4. The van der Waals surface area contributed by atoms with E-state index < -0.39 is 20.7 Å². The molecule has 3 rings (SSSR count). The van der Waals surface area contributed by atoms with E-state index in [-0.39, 0.29) is 25.4 Å². The monoisotopic (exact) mass is 414 g/mol. The zero-order valence-corrected chi connectivity index (χ0v) is 16.2. The molecular formula is C20H19FN4O3S. The van der Waals surface area contributed by atoms with Crippen molar-refractivity contribution in [2.75, 3.05) is 6.54 Å². The molecule has 0 aliphatic carbocycles. The summed E-state index contributed by atoms with van der Waals surface area (Å²) in [4.78, 5) is 19.9. The molecule has 1 aromatic carbocycles. The Balaban J connectivity index is 1.46. The molecule has 0 spiro atoms. The standard InChI is InChI=1S/C20H19FN4O3S/c21-17-5-1-2-6-19(17)29(27,28)25-11-9-20(26)24-13-15-7-8-18(23-12-15)16-4-3-10-22-14-16/h1-8,10,12,14,25H,9,11,13H2,(H,24,26). The van der Waals surface area contributed by atoms with Crippen molar-refractivity contribution < 1.29 is 17.6 Å². The Kier molecular flexibility index (Phi) is 6.63. The summed E-state index contributed by atoms with van der Waals surface area (Å²) < 4.78 is 40.0. The Morgan fingerprint density at radius 3 is 2.55 bits per heavy atom. The molecule has 150 valence electrons. The minimum absolute atomic E-state index is 0.0745. The Hall–Kier alpha value is -3.17. The van der Waals surface area contributed by atoms with Gasteiger partial charge in [0, 0.05) is 43.7 Å². The van der Waals surface area contributed by atoms with E-state index in [1.165, 1.54) is 18.2 Å². The maximum absolute atomic E-state index is 13.6. The van der Waals surface area contributed by atoms with Crippen molar-refractivity contribution in [2.45, 2.75) is 17.9 Å². The van der Waals surface area contributed by atoms with Crippen LogP contribution in [0, 0.1) is 5.82 Å². The summed E-state index contributed by atoms with van der Waals surface area (Å²) in [5, 5.41) is 2.70. The first-order valence-corrected chi connectivity index (χ1v) is 10.3. The lowest BCUT2D eigenvalue weighted by Gasteiger charge is -2.08. The van der Waals surface area contributed by atoms with E-state index in [9.17, 15) is 17.6 Å². The topological polar surface area (TPSA) is 101 Å². The molecule has 1 amide bonds. The highest BCUT2D eigenvalue weighted by molar-refractivity contribution is 7.89. The number of hydrogen-bond acceptors (Lipinski definition) is 5. The average Bonchev–Trinajstić information content (AvgIpc) is 2.73.